The van der Waals surface area contributed by atoms with Gasteiger partial charge in [0.05, 0.1) is 12.0 Å². The van der Waals surface area contributed by atoms with Crippen molar-refractivity contribution in [1.82, 2.24) is 0 Å². The van der Waals surface area contributed by atoms with Crippen LogP contribution in [-0.4, -0.2) is 11.4 Å². The topological polar surface area (TPSA) is 26.3 Å². The molecule has 19 heavy (non-hydrogen) atoms. The van der Waals surface area contributed by atoms with Gasteiger partial charge in [-0.1, -0.05) is 38.8 Å². The molecule has 0 radical (unpaired) electrons. The van der Waals surface area contributed by atoms with Crippen LogP contribution in [-0.2, 0) is 0 Å². The second-order valence-electron chi connectivity index (χ2n) is 5.60. The summed E-state index contributed by atoms with van der Waals surface area (Å²) in [7, 11) is 0. The van der Waals surface area contributed by atoms with Gasteiger partial charge in [-0.05, 0) is 37.0 Å². The van der Waals surface area contributed by atoms with Crippen LogP contribution in [0.25, 0.3) is 0 Å². The minimum Gasteiger partial charge on any atom is -0.486 e. The summed E-state index contributed by atoms with van der Waals surface area (Å²) in [5, 5.41) is 0.585. The van der Waals surface area contributed by atoms with E-state index in [1.165, 1.54) is 0 Å². The standard InChI is InChI=1S/C16H21ClO2/c1-4-11(3)9-16(5-2)10-14(18)13-8-12(17)6-7-15(13)19-16/h6-8,11H,4-5,9-10H2,1-3H3. The molecule has 3 heteroatoms. The van der Waals surface area contributed by atoms with Crippen LogP contribution in [0.4, 0.5) is 0 Å². The van der Waals surface area contributed by atoms with E-state index in [1.54, 1.807) is 12.1 Å². The molecule has 0 saturated carbocycles. The number of rotatable bonds is 4. The van der Waals surface area contributed by atoms with Gasteiger partial charge in [0.2, 0.25) is 0 Å². The average Bonchev–Trinajstić information content (AvgIpc) is 2.39. The molecule has 1 aliphatic rings. The van der Waals surface area contributed by atoms with Crippen molar-refractivity contribution in [2.75, 3.05) is 0 Å². The highest BCUT2D eigenvalue weighted by molar-refractivity contribution is 6.31. The van der Waals surface area contributed by atoms with E-state index in [0.717, 1.165) is 19.3 Å². The lowest BCUT2D eigenvalue weighted by Gasteiger charge is -2.39. The van der Waals surface area contributed by atoms with Gasteiger partial charge in [-0.25, -0.2) is 0 Å². The predicted molar refractivity (Wildman–Crippen MR) is 78.1 cm³/mol. The lowest BCUT2D eigenvalue weighted by molar-refractivity contribution is 0.0208. The van der Waals surface area contributed by atoms with E-state index in [-0.39, 0.29) is 11.4 Å². The fraction of sp³-hybridized carbons (Fsp3) is 0.562. The lowest BCUT2D eigenvalue weighted by atomic mass is 9.81. The van der Waals surface area contributed by atoms with Crippen molar-refractivity contribution >= 4 is 17.4 Å². The summed E-state index contributed by atoms with van der Waals surface area (Å²) in [5.74, 6) is 1.39. The number of ether oxygens (including phenoxy) is 1. The molecule has 0 aromatic heterocycles. The Labute approximate surface area is 120 Å². The number of ketones is 1. The van der Waals surface area contributed by atoms with Crippen molar-refractivity contribution in [1.29, 1.82) is 0 Å². The van der Waals surface area contributed by atoms with Gasteiger partial charge in [0, 0.05) is 5.02 Å². The van der Waals surface area contributed by atoms with Crippen LogP contribution in [0.5, 0.6) is 5.75 Å². The zero-order valence-electron chi connectivity index (χ0n) is 11.8. The van der Waals surface area contributed by atoms with E-state index in [2.05, 4.69) is 20.8 Å². The molecule has 0 aliphatic carbocycles. The summed E-state index contributed by atoms with van der Waals surface area (Å²) < 4.78 is 6.19. The molecule has 2 rings (SSSR count). The summed E-state index contributed by atoms with van der Waals surface area (Å²) in [4.78, 5) is 12.3. The van der Waals surface area contributed by atoms with Crippen molar-refractivity contribution < 1.29 is 9.53 Å². The molecule has 1 aliphatic heterocycles. The number of hydrogen-bond acceptors (Lipinski definition) is 2. The van der Waals surface area contributed by atoms with Crippen molar-refractivity contribution in [3.63, 3.8) is 0 Å². The predicted octanol–water partition coefficient (Wildman–Crippen LogP) is 4.89. The highest BCUT2D eigenvalue weighted by Gasteiger charge is 2.39. The summed E-state index contributed by atoms with van der Waals surface area (Å²) in [6.07, 6.45) is 3.34. The van der Waals surface area contributed by atoms with Crippen LogP contribution in [0.15, 0.2) is 18.2 Å². The van der Waals surface area contributed by atoms with E-state index >= 15 is 0 Å². The molecule has 0 N–H and O–H groups in total. The maximum atomic E-state index is 12.3. The van der Waals surface area contributed by atoms with Crippen LogP contribution in [0.3, 0.4) is 0 Å². The van der Waals surface area contributed by atoms with Crippen molar-refractivity contribution in [2.24, 2.45) is 5.92 Å². The third-order valence-corrected chi connectivity index (χ3v) is 4.35. The summed E-state index contributed by atoms with van der Waals surface area (Å²) >= 11 is 5.95. The summed E-state index contributed by atoms with van der Waals surface area (Å²) in [6, 6.07) is 5.31. The van der Waals surface area contributed by atoms with Gasteiger partial charge in [-0.2, -0.15) is 0 Å². The fourth-order valence-electron chi connectivity index (χ4n) is 2.70. The monoisotopic (exact) mass is 280 g/mol. The van der Waals surface area contributed by atoms with E-state index in [0.29, 0.717) is 28.7 Å². The molecule has 104 valence electrons. The number of hydrogen-bond donors (Lipinski definition) is 0. The second kappa shape index (κ2) is 5.54. The number of Topliss-reactive ketones (excluding diaryl/α,β-unsaturated/α-hetero) is 1. The first-order valence-electron chi connectivity index (χ1n) is 7.01. The number of fused-ring (bicyclic) bond motifs is 1. The molecular weight excluding hydrogens is 260 g/mol. The average molecular weight is 281 g/mol. The molecule has 1 aromatic rings. The molecule has 0 spiro atoms. The van der Waals surface area contributed by atoms with Gasteiger partial charge >= 0.3 is 0 Å². The highest BCUT2D eigenvalue weighted by atomic mass is 35.5. The zero-order chi connectivity index (χ0) is 14.0. The summed E-state index contributed by atoms with van der Waals surface area (Å²) in [6.45, 7) is 6.48. The Kier molecular flexibility index (Phi) is 4.19. The van der Waals surface area contributed by atoms with Gasteiger partial charge < -0.3 is 4.74 Å². The maximum Gasteiger partial charge on any atom is 0.170 e. The van der Waals surface area contributed by atoms with Crippen LogP contribution >= 0.6 is 11.6 Å². The molecule has 0 saturated heterocycles. The number of halogens is 1. The first kappa shape index (κ1) is 14.4. The van der Waals surface area contributed by atoms with E-state index in [4.69, 9.17) is 16.3 Å². The van der Waals surface area contributed by atoms with Crippen LogP contribution in [0, 0.1) is 5.92 Å². The largest absolute Gasteiger partial charge is 0.486 e. The maximum absolute atomic E-state index is 12.3. The molecule has 0 bridgehead atoms. The van der Waals surface area contributed by atoms with E-state index in [1.807, 2.05) is 6.07 Å². The van der Waals surface area contributed by atoms with Crippen molar-refractivity contribution in [3.05, 3.63) is 28.8 Å². The number of benzene rings is 1. The minimum atomic E-state index is -0.340. The minimum absolute atomic E-state index is 0.147. The molecule has 1 heterocycles. The molecule has 2 nitrogen and oxygen atoms in total. The Morgan fingerprint density at radius 2 is 2.16 bits per heavy atom. The van der Waals surface area contributed by atoms with Crippen molar-refractivity contribution in [2.45, 2.75) is 52.1 Å². The molecule has 0 amide bonds. The Hall–Kier alpha value is -1.02. The Morgan fingerprint density at radius 1 is 1.42 bits per heavy atom. The zero-order valence-corrected chi connectivity index (χ0v) is 12.6. The molecule has 2 unspecified atom stereocenters. The third kappa shape index (κ3) is 2.94. The second-order valence-corrected chi connectivity index (χ2v) is 6.03. The molecule has 0 fully saturated rings. The molecular formula is C16H21ClO2. The van der Waals surface area contributed by atoms with Gasteiger partial charge in [0.25, 0.3) is 0 Å². The van der Waals surface area contributed by atoms with Gasteiger partial charge in [-0.3, -0.25) is 4.79 Å². The Bertz CT molecular complexity index is 484. The first-order valence-corrected chi connectivity index (χ1v) is 7.39. The molecule has 1 aromatic carbocycles. The van der Waals surface area contributed by atoms with Crippen LogP contribution in [0.2, 0.25) is 5.02 Å². The quantitative estimate of drug-likeness (QED) is 0.785. The Morgan fingerprint density at radius 3 is 2.79 bits per heavy atom. The SMILES string of the molecule is CCC(C)CC1(CC)CC(=O)c2cc(Cl)ccc2O1. The Balaban J connectivity index is 2.32. The number of carbonyl (C=O) groups excluding carboxylic acids is 1. The fourth-order valence-corrected chi connectivity index (χ4v) is 2.87. The van der Waals surface area contributed by atoms with Crippen molar-refractivity contribution in [3.8, 4) is 5.75 Å². The number of carbonyl (C=O) groups is 1. The lowest BCUT2D eigenvalue weighted by Crippen LogP contribution is -2.42. The molecule has 2 atom stereocenters. The smallest absolute Gasteiger partial charge is 0.170 e. The summed E-state index contributed by atoms with van der Waals surface area (Å²) in [5.41, 5.74) is 0.286. The van der Waals surface area contributed by atoms with Gasteiger partial charge in [0.15, 0.2) is 5.78 Å². The third-order valence-electron chi connectivity index (χ3n) is 4.11. The normalized spacial score (nSPS) is 23.7. The van der Waals surface area contributed by atoms with Gasteiger partial charge in [0.1, 0.15) is 11.4 Å². The highest BCUT2D eigenvalue weighted by Crippen LogP contribution is 2.40. The van der Waals surface area contributed by atoms with Crippen LogP contribution in [0.1, 0.15) is 56.8 Å². The van der Waals surface area contributed by atoms with Crippen LogP contribution < -0.4 is 4.74 Å². The van der Waals surface area contributed by atoms with E-state index in [9.17, 15) is 4.79 Å². The first-order chi connectivity index (χ1) is 8.99. The van der Waals surface area contributed by atoms with Gasteiger partial charge in [-0.15, -0.1) is 0 Å². The van der Waals surface area contributed by atoms with E-state index < -0.39 is 0 Å².